The van der Waals surface area contributed by atoms with E-state index in [1.807, 2.05) is 0 Å². The number of hydrogen-bond acceptors (Lipinski definition) is 3. The lowest BCUT2D eigenvalue weighted by molar-refractivity contribution is 0.0696. The lowest BCUT2D eigenvalue weighted by Gasteiger charge is -2.20. The number of benzene rings is 1. The standard InChI is InChI=1S/C16H23NO3/c1-12(13-5-2-3-6-13)17-9-10-20-15-8-4-7-14(11-15)16(18)19/h4,7-8,11-13,17H,2-3,5-6,9-10H2,1H3,(H,18,19)/t12-/m0/s1. The highest BCUT2D eigenvalue weighted by molar-refractivity contribution is 5.87. The molecule has 1 aromatic carbocycles. The second-order valence-electron chi connectivity index (χ2n) is 5.47. The Morgan fingerprint density at radius 3 is 2.90 bits per heavy atom. The van der Waals surface area contributed by atoms with Gasteiger partial charge in [-0.1, -0.05) is 18.9 Å². The molecule has 1 aromatic rings. The van der Waals surface area contributed by atoms with Crippen LogP contribution in [0.4, 0.5) is 0 Å². The first-order valence-electron chi connectivity index (χ1n) is 7.36. The van der Waals surface area contributed by atoms with Crippen LogP contribution in [0.15, 0.2) is 24.3 Å². The van der Waals surface area contributed by atoms with Crippen LogP contribution < -0.4 is 10.1 Å². The molecule has 110 valence electrons. The Morgan fingerprint density at radius 2 is 2.20 bits per heavy atom. The summed E-state index contributed by atoms with van der Waals surface area (Å²) in [4.78, 5) is 10.9. The van der Waals surface area contributed by atoms with Gasteiger partial charge in [0.15, 0.2) is 0 Å². The van der Waals surface area contributed by atoms with Crippen LogP contribution in [0.2, 0.25) is 0 Å². The molecule has 0 aliphatic heterocycles. The van der Waals surface area contributed by atoms with E-state index in [4.69, 9.17) is 9.84 Å². The van der Waals surface area contributed by atoms with Crippen molar-refractivity contribution >= 4 is 5.97 Å². The fraction of sp³-hybridized carbons (Fsp3) is 0.562. The molecule has 0 saturated heterocycles. The molecule has 0 unspecified atom stereocenters. The monoisotopic (exact) mass is 277 g/mol. The van der Waals surface area contributed by atoms with Crippen LogP contribution >= 0.6 is 0 Å². The van der Waals surface area contributed by atoms with Crippen molar-refractivity contribution in [3.63, 3.8) is 0 Å². The van der Waals surface area contributed by atoms with E-state index in [-0.39, 0.29) is 5.56 Å². The van der Waals surface area contributed by atoms with Crippen LogP contribution in [0, 0.1) is 5.92 Å². The third-order valence-electron chi connectivity index (χ3n) is 4.03. The van der Waals surface area contributed by atoms with Crippen molar-refractivity contribution in [2.24, 2.45) is 5.92 Å². The fourth-order valence-corrected chi connectivity index (χ4v) is 2.80. The van der Waals surface area contributed by atoms with Gasteiger partial charge in [0.25, 0.3) is 0 Å². The molecule has 1 atom stereocenters. The minimum atomic E-state index is -0.927. The lowest BCUT2D eigenvalue weighted by atomic mass is 10.00. The summed E-state index contributed by atoms with van der Waals surface area (Å²) in [6.07, 6.45) is 5.37. The largest absolute Gasteiger partial charge is 0.492 e. The molecule has 0 aromatic heterocycles. The van der Waals surface area contributed by atoms with Gasteiger partial charge in [-0.3, -0.25) is 0 Å². The van der Waals surface area contributed by atoms with Gasteiger partial charge in [0.2, 0.25) is 0 Å². The molecule has 20 heavy (non-hydrogen) atoms. The zero-order chi connectivity index (χ0) is 14.4. The van der Waals surface area contributed by atoms with E-state index in [9.17, 15) is 4.79 Å². The van der Waals surface area contributed by atoms with Crippen LogP contribution in [0.25, 0.3) is 0 Å². The van der Waals surface area contributed by atoms with Crippen LogP contribution in [-0.2, 0) is 0 Å². The smallest absolute Gasteiger partial charge is 0.335 e. The van der Waals surface area contributed by atoms with E-state index in [0.29, 0.717) is 18.4 Å². The molecule has 2 N–H and O–H groups in total. The van der Waals surface area contributed by atoms with Crippen LogP contribution in [-0.4, -0.2) is 30.3 Å². The summed E-state index contributed by atoms with van der Waals surface area (Å²) in [5.74, 6) is 0.481. The van der Waals surface area contributed by atoms with Crippen molar-refractivity contribution in [3.8, 4) is 5.75 Å². The van der Waals surface area contributed by atoms with Crippen LogP contribution in [0.3, 0.4) is 0 Å². The first-order valence-corrected chi connectivity index (χ1v) is 7.36. The summed E-state index contributed by atoms with van der Waals surface area (Å²) in [5.41, 5.74) is 0.259. The Hall–Kier alpha value is -1.55. The highest BCUT2D eigenvalue weighted by atomic mass is 16.5. The zero-order valence-corrected chi connectivity index (χ0v) is 12.0. The number of carbonyl (C=O) groups is 1. The number of carboxylic acids is 1. The Kier molecular flexibility index (Phi) is 5.41. The normalized spacial score (nSPS) is 17.1. The van der Waals surface area contributed by atoms with E-state index in [1.165, 1.54) is 25.7 Å². The highest BCUT2D eigenvalue weighted by Crippen LogP contribution is 2.27. The van der Waals surface area contributed by atoms with Gasteiger partial charge in [0, 0.05) is 12.6 Å². The minimum absolute atomic E-state index is 0.259. The molecule has 1 aliphatic rings. The predicted octanol–water partition coefficient (Wildman–Crippen LogP) is 2.93. The van der Waals surface area contributed by atoms with Crippen molar-refractivity contribution in [1.82, 2.24) is 5.32 Å². The maximum atomic E-state index is 10.9. The molecule has 1 aliphatic carbocycles. The number of hydrogen-bond donors (Lipinski definition) is 2. The van der Waals surface area contributed by atoms with Gasteiger partial charge >= 0.3 is 5.97 Å². The lowest BCUT2D eigenvalue weighted by Crippen LogP contribution is -2.35. The zero-order valence-electron chi connectivity index (χ0n) is 12.0. The average Bonchev–Trinajstić information content (AvgIpc) is 2.98. The SMILES string of the molecule is C[C@H](NCCOc1cccc(C(=O)O)c1)C1CCCC1. The highest BCUT2D eigenvalue weighted by Gasteiger charge is 2.20. The summed E-state index contributed by atoms with van der Waals surface area (Å²) >= 11 is 0. The summed E-state index contributed by atoms with van der Waals surface area (Å²) in [7, 11) is 0. The van der Waals surface area contributed by atoms with Crippen molar-refractivity contribution in [2.45, 2.75) is 38.6 Å². The Bertz CT molecular complexity index is 441. The van der Waals surface area contributed by atoms with Gasteiger partial charge in [-0.25, -0.2) is 4.79 Å². The number of nitrogens with one attached hydrogen (secondary N) is 1. The average molecular weight is 277 g/mol. The van der Waals surface area contributed by atoms with E-state index in [1.54, 1.807) is 24.3 Å². The number of rotatable bonds is 7. The van der Waals surface area contributed by atoms with Crippen molar-refractivity contribution in [3.05, 3.63) is 29.8 Å². The van der Waals surface area contributed by atoms with E-state index < -0.39 is 5.97 Å². The Balaban J connectivity index is 1.70. The predicted molar refractivity (Wildman–Crippen MR) is 78.3 cm³/mol. The first kappa shape index (κ1) is 14.9. The van der Waals surface area contributed by atoms with Gasteiger partial charge in [-0.2, -0.15) is 0 Å². The molecule has 0 radical (unpaired) electrons. The van der Waals surface area contributed by atoms with Gasteiger partial charge < -0.3 is 15.2 Å². The van der Waals surface area contributed by atoms with E-state index in [0.717, 1.165) is 12.5 Å². The Labute approximate surface area is 120 Å². The molecular formula is C16H23NO3. The second kappa shape index (κ2) is 7.29. The molecule has 0 spiro atoms. The number of aromatic carboxylic acids is 1. The maximum Gasteiger partial charge on any atom is 0.335 e. The molecular weight excluding hydrogens is 254 g/mol. The van der Waals surface area contributed by atoms with Crippen LogP contribution in [0.5, 0.6) is 5.75 Å². The molecule has 1 fully saturated rings. The number of ether oxygens (including phenoxy) is 1. The molecule has 4 heteroatoms. The van der Waals surface area contributed by atoms with Gasteiger partial charge in [-0.05, 0) is 43.9 Å². The molecule has 2 rings (SSSR count). The Morgan fingerprint density at radius 1 is 1.45 bits per heavy atom. The second-order valence-corrected chi connectivity index (χ2v) is 5.47. The number of carboxylic acid groups (broad SMARTS) is 1. The third-order valence-corrected chi connectivity index (χ3v) is 4.03. The van der Waals surface area contributed by atoms with Gasteiger partial charge in [0.1, 0.15) is 12.4 Å². The summed E-state index contributed by atoms with van der Waals surface area (Å²) in [6, 6.07) is 7.14. The van der Waals surface area contributed by atoms with Crippen molar-refractivity contribution < 1.29 is 14.6 Å². The third kappa shape index (κ3) is 4.23. The summed E-state index contributed by atoms with van der Waals surface area (Å²) in [5, 5.41) is 12.4. The van der Waals surface area contributed by atoms with Crippen molar-refractivity contribution in [2.75, 3.05) is 13.2 Å². The van der Waals surface area contributed by atoms with Crippen molar-refractivity contribution in [1.29, 1.82) is 0 Å². The maximum absolute atomic E-state index is 10.9. The topological polar surface area (TPSA) is 58.6 Å². The summed E-state index contributed by atoms with van der Waals surface area (Å²) < 4.78 is 5.58. The molecule has 4 nitrogen and oxygen atoms in total. The molecule has 0 amide bonds. The minimum Gasteiger partial charge on any atom is -0.492 e. The molecule has 0 heterocycles. The molecule has 1 saturated carbocycles. The molecule has 0 bridgehead atoms. The van der Waals surface area contributed by atoms with Gasteiger partial charge in [0.05, 0.1) is 5.56 Å². The van der Waals surface area contributed by atoms with Crippen LogP contribution in [0.1, 0.15) is 43.0 Å². The first-order chi connectivity index (χ1) is 9.66. The van der Waals surface area contributed by atoms with Gasteiger partial charge in [-0.15, -0.1) is 0 Å². The quantitative estimate of drug-likeness (QED) is 0.752. The van der Waals surface area contributed by atoms with E-state index >= 15 is 0 Å². The summed E-state index contributed by atoms with van der Waals surface area (Å²) in [6.45, 7) is 3.58. The van der Waals surface area contributed by atoms with E-state index in [2.05, 4.69) is 12.2 Å². The fourth-order valence-electron chi connectivity index (χ4n) is 2.80.